The molecule has 0 heteroatoms. The van der Waals surface area contributed by atoms with Crippen molar-refractivity contribution in [2.45, 2.75) is 81.1 Å². The molecule has 4 atom stereocenters. The molecule has 2 aliphatic carbocycles. The fourth-order valence-corrected chi connectivity index (χ4v) is 2.75. The lowest BCUT2D eigenvalue weighted by Gasteiger charge is -2.26. The van der Waals surface area contributed by atoms with E-state index in [0.717, 1.165) is 17.8 Å². The Balaban J connectivity index is 0. The van der Waals surface area contributed by atoms with E-state index in [1.807, 2.05) is 41.5 Å². The van der Waals surface area contributed by atoms with Gasteiger partial charge in [-0.1, -0.05) is 61.8 Å². The van der Waals surface area contributed by atoms with Crippen LogP contribution < -0.4 is 0 Å². The normalized spacial score (nSPS) is 33.8. The smallest absolute Gasteiger partial charge is 0.0380 e. The summed E-state index contributed by atoms with van der Waals surface area (Å²) >= 11 is 0. The van der Waals surface area contributed by atoms with E-state index in [1.165, 1.54) is 12.3 Å². The van der Waals surface area contributed by atoms with Crippen molar-refractivity contribution in [3.63, 3.8) is 0 Å². The Bertz CT molecular complexity index is 128. The van der Waals surface area contributed by atoms with Crippen LogP contribution in [0.3, 0.4) is 0 Å². The Morgan fingerprint density at radius 3 is 1.62 bits per heavy atom. The van der Waals surface area contributed by atoms with Gasteiger partial charge >= 0.3 is 0 Å². The third-order valence-electron chi connectivity index (χ3n) is 3.68. The van der Waals surface area contributed by atoms with Gasteiger partial charge in [-0.3, -0.25) is 0 Å². The van der Waals surface area contributed by atoms with Crippen molar-refractivity contribution in [1.29, 1.82) is 0 Å². The largest absolute Gasteiger partial charge is 0.0683 e. The van der Waals surface area contributed by atoms with Crippen LogP contribution in [0, 0.1) is 23.7 Å². The van der Waals surface area contributed by atoms with E-state index in [2.05, 4.69) is 13.8 Å². The van der Waals surface area contributed by atoms with E-state index in [1.54, 1.807) is 19.3 Å². The second-order valence-electron chi connectivity index (χ2n) is 4.37. The lowest BCUT2D eigenvalue weighted by atomic mass is 9.79. The van der Waals surface area contributed by atoms with Crippen molar-refractivity contribution >= 4 is 0 Å². The summed E-state index contributed by atoms with van der Waals surface area (Å²) in [6.07, 6.45) is 6.09. The molecule has 0 saturated heterocycles. The predicted octanol–water partition coefficient (Wildman–Crippen LogP) is 6.16. The van der Waals surface area contributed by atoms with E-state index >= 15 is 0 Å². The average molecular weight is 228 g/mol. The van der Waals surface area contributed by atoms with Crippen molar-refractivity contribution in [1.82, 2.24) is 0 Å². The van der Waals surface area contributed by atoms with Gasteiger partial charge in [0.1, 0.15) is 0 Å². The monoisotopic (exact) mass is 228 g/mol. The highest BCUT2D eigenvalue weighted by Gasteiger charge is 2.44. The molecule has 0 aliphatic heterocycles. The standard InChI is InChI=1S/C10H18.3C2H6/c1-3-8-5-10-6-9(10)4-7(8)2;3*1-2/h7-10H,3-6H2,1-2H3;3*1-2H3. The summed E-state index contributed by atoms with van der Waals surface area (Å²) in [5.74, 6) is 4.44. The minimum Gasteiger partial charge on any atom is -0.0683 e. The molecule has 0 aromatic heterocycles. The zero-order valence-corrected chi connectivity index (χ0v) is 13.1. The Labute approximate surface area is 105 Å². The summed E-state index contributed by atoms with van der Waals surface area (Å²) in [5, 5.41) is 0. The summed E-state index contributed by atoms with van der Waals surface area (Å²) < 4.78 is 0. The van der Waals surface area contributed by atoms with Crippen LogP contribution in [0.4, 0.5) is 0 Å². The Morgan fingerprint density at radius 2 is 1.19 bits per heavy atom. The summed E-state index contributed by atoms with van der Waals surface area (Å²) in [6.45, 7) is 16.8. The lowest BCUT2D eigenvalue weighted by Crippen LogP contribution is -2.17. The summed E-state index contributed by atoms with van der Waals surface area (Å²) in [6, 6.07) is 0. The second-order valence-corrected chi connectivity index (χ2v) is 4.37. The third kappa shape index (κ3) is 5.92. The van der Waals surface area contributed by atoms with Gasteiger partial charge in [0.05, 0.1) is 0 Å². The first-order chi connectivity index (χ1) is 7.81. The molecule has 0 amide bonds. The summed E-state index contributed by atoms with van der Waals surface area (Å²) in [7, 11) is 0. The van der Waals surface area contributed by atoms with Gasteiger partial charge in [-0.15, -0.1) is 0 Å². The molecule has 0 aromatic rings. The molecule has 0 heterocycles. The number of hydrogen-bond acceptors (Lipinski definition) is 0. The molecule has 2 rings (SSSR count). The first-order valence-corrected chi connectivity index (χ1v) is 7.81. The van der Waals surface area contributed by atoms with Crippen molar-refractivity contribution in [3.05, 3.63) is 0 Å². The van der Waals surface area contributed by atoms with E-state index in [9.17, 15) is 0 Å². The quantitative estimate of drug-likeness (QED) is 0.504. The average Bonchev–Trinajstić information content (AvgIpc) is 3.13. The van der Waals surface area contributed by atoms with Gasteiger partial charge in [-0.25, -0.2) is 0 Å². The van der Waals surface area contributed by atoms with Crippen LogP contribution >= 0.6 is 0 Å². The minimum atomic E-state index is 1.04. The number of fused-ring (bicyclic) bond motifs is 1. The Morgan fingerprint density at radius 1 is 0.750 bits per heavy atom. The van der Waals surface area contributed by atoms with Gasteiger partial charge in [0.2, 0.25) is 0 Å². The molecular formula is C16H36. The van der Waals surface area contributed by atoms with Crippen molar-refractivity contribution in [2.75, 3.05) is 0 Å². The zero-order valence-electron chi connectivity index (χ0n) is 13.1. The fourth-order valence-electron chi connectivity index (χ4n) is 2.75. The highest BCUT2D eigenvalue weighted by atomic mass is 14.5. The molecule has 0 radical (unpaired) electrons. The van der Waals surface area contributed by atoms with Crippen LogP contribution in [-0.2, 0) is 0 Å². The van der Waals surface area contributed by atoms with Crippen LogP contribution in [-0.4, -0.2) is 0 Å². The SMILES string of the molecule is CC.CC.CC.CCC1CC2CC2CC1C. The maximum atomic E-state index is 2.45. The van der Waals surface area contributed by atoms with Crippen molar-refractivity contribution < 1.29 is 0 Å². The van der Waals surface area contributed by atoms with Gasteiger partial charge < -0.3 is 0 Å². The topological polar surface area (TPSA) is 0 Å². The summed E-state index contributed by atoms with van der Waals surface area (Å²) in [5.41, 5.74) is 0. The van der Waals surface area contributed by atoms with Crippen molar-refractivity contribution in [2.24, 2.45) is 23.7 Å². The first-order valence-electron chi connectivity index (χ1n) is 7.81. The van der Waals surface area contributed by atoms with Crippen LogP contribution in [0.25, 0.3) is 0 Å². The third-order valence-corrected chi connectivity index (χ3v) is 3.68. The van der Waals surface area contributed by atoms with Crippen molar-refractivity contribution in [3.8, 4) is 0 Å². The molecule has 0 N–H and O–H groups in total. The van der Waals surface area contributed by atoms with Crippen LogP contribution in [0.2, 0.25) is 0 Å². The van der Waals surface area contributed by atoms with E-state index < -0.39 is 0 Å². The molecular weight excluding hydrogens is 192 g/mol. The molecule has 2 fully saturated rings. The molecule has 0 spiro atoms. The predicted molar refractivity (Wildman–Crippen MR) is 77.8 cm³/mol. The van der Waals surface area contributed by atoms with Gasteiger partial charge in [-0.05, 0) is 42.9 Å². The first kappa shape index (κ1) is 18.4. The lowest BCUT2D eigenvalue weighted by molar-refractivity contribution is 0.239. The molecule has 0 aromatic carbocycles. The highest BCUT2D eigenvalue weighted by molar-refractivity contribution is 4.94. The van der Waals surface area contributed by atoms with Gasteiger partial charge in [0.25, 0.3) is 0 Å². The van der Waals surface area contributed by atoms with Gasteiger partial charge in [-0.2, -0.15) is 0 Å². The maximum Gasteiger partial charge on any atom is -0.0380 e. The zero-order chi connectivity index (χ0) is 13.1. The molecule has 2 aliphatic rings. The van der Waals surface area contributed by atoms with E-state index in [-0.39, 0.29) is 0 Å². The number of rotatable bonds is 1. The van der Waals surface area contributed by atoms with Crippen LogP contribution in [0.15, 0.2) is 0 Å². The molecule has 0 bridgehead atoms. The molecule has 100 valence electrons. The number of hydrogen-bond donors (Lipinski definition) is 0. The highest BCUT2D eigenvalue weighted by Crippen LogP contribution is 2.53. The van der Waals surface area contributed by atoms with Gasteiger partial charge in [0, 0.05) is 0 Å². The van der Waals surface area contributed by atoms with Crippen LogP contribution in [0.5, 0.6) is 0 Å². The second kappa shape index (κ2) is 11.5. The Kier molecular flexibility index (Phi) is 13.2. The van der Waals surface area contributed by atoms with Gasteiger partial charge in [0.15, 0.2) is 0 Å². The molecule has 2 saturated carbocycles. The Hall–Kier alpha value is 0. The molecule has 0 nitrogen and oxygen atoms in total. The minimum absolute atomic E-state index is 1.04. The maximum absolute atomic E-state index is 2.45. The fraction of sp³-hybridized carbons (Fsp3) is 1.00. The van der Waals surface area contributed by atoms with Crippen LogP contribution in [0.1, 0.15) is 81.1 Å². The van der Waals surface area contributed by atoms with E-state index in [0.29, 0.717) is 0 Å². The summed E-state index contributed by atoms with van der Waals surface area (Å²) in [4.78, 5) is 0. The molecule has 16 heavy (non-hydrogen) atoms. The molecule has 4 unspecified atom stereocenters. The van der Waals surface area contributed by atoms with E-state index in [4.69, 9.17) is 0 Å².